The molecule has 1 aliphatic rings. The minimum Gasteiger partial charge on any atom is -0.493 e. The van der Waals surface area contributed by atoms with Gasteiger partial charge in [-0.25, -0.2) is 4.70 Å². The minimum absolute atomic E-state index is 0.853. The molecule has 2 nitrogen and oxygen atoms in total. The van der Waals surface area contributed by atoms with E-state index in [2.05, 4.69) is 100 Å². The number of rotatable bonds is 17. The fourth-order valence-electron chi connectivity index (χ4n) is 5.22. The number of aryl methyl sites for hydroxylation is 2. The van der Waals surface area contributed by atoms with Crippen LogP contribution in [0.15, 0.2) is 72.3 Å². The third kappa shape index (κ3) is 10.2. The zero-order valence-electron chi connectivity index (χ0n) is 25.4. The van der Waals surface area contributed by atoms with E-state index in [0.29, 0.717) is 0 Å². The van der Waals surface area contributed by atoms with E-state index in [1.165, 1.54) is 79.7 Å². The molecule has 0 radical (unpaired) electrons. The predicted molar refractivity (Wildman–Crippen MR) is 174 cm³/mol. The highest BCUT2D eigenvalue weighted by Crippen LogP contribution is 2.36. The average Bonchev–Trinajstić information content (AvgIpc) is 3.26. The van der Waals surface area contributed by atoms with Crippen LogP contribution < -0.4 is 0 Å². The molecule has 0 spiro atoms. The molecule has 0 saturated carbocycles. The van der Waals surface area contributed by atoms with Crippen molar-refractivity contribution in [2.75, 3.05) is 0 Å². The van der Waals surface area contributed by atoms with Crippen molar-refractivity contribution in [2.45, 2.75) is 117 Å². The highest BCUT2D eigenvalue weighted by Gasteiger charge is 2.28. The monoisotopic (exact) mass is 540 g/mol. The van der Waals surface area contributed by atoms with Crippen molar-refractivity contribution in [1.29, 1.82) is 0 Å². The summed E-state index contributed by atoms with van der Waals surface area (Å²) in [5, 5.41) is 0. The lowest BCUT2D eigenvalue weighted by molar-refractivity contribution is -0.344. The maximum Gasteiger partial charge on any atom is 0.214 e. The Morgan fingerprint density at radius 1 is 0.769 bits per heavy atom. The first kappa shape index (κ1) is 31.0. The molecule has 0 atom stereocenters. The lowest BCUT2D eigenvalue weighted by Gasteiger charge is -2.15. The fourth-order valence-corrected chi connectivity index (χ4v) is 6.26. The number of allylic oxidation sites excluding steroid dienone is 4. The summed E-state index contributed by atoms with van der Waals surface area (Å²) in [5.74, 6) is 0. The van der Waals surface area contributed by atoms with Gasteiger partial charge in [-0.1, -0.05) is 127 Å². The molecule has 0 amide bonds. The lowest BCUT2D eigenvalue weighted by atomic mass is 10.0. The molecule has 0 bridgehead atoms. The van der Waals surface area contributed by atoms with Gasteiger partial charge in [0.2, 0.25) is 11.4 Å². The third-order valence-electron chi connectivity index (χ3n) is 7.80. The zero-order chi connectivity index (χ0) is 28.1. The standard InChI is InChI=1S/C36H52N2Si/c1-6-8-9-10-11-12-13-14-15-16-17-20-34-29-35(33-21-18-19-30(7-2)28-33)38(37)36(34)32-24-22-31(23-25-32)26-27-39(3,4)5/h17-25,28-29H,6-16,26-27H2,1-5H3. The molecule has 3 heteroatoms. The largest absolute Gasteiger partial charge is 0.493 e. The van der Waals surface area contributed by atoms with Gasteiger partial charge in [-0.2, -0.15) is 0 Å². The number of nitrogens with zero attached hydrogens (tertiary/aromatic N) is 2. The second-order valence-corrected chi connectivity index (χ2v) is 18.1. The summed E-state index contributed by atoms with van der Waals surface area (Å²) in [7, 11) is -1.07. The van der Waals surface area contributed by atoms with Gasteiger partial charge in [-0.15, -0.1) is 0 Å². The Hall–Kier alpha value is -2.52. The van der Waals surface area contributed by atoms with Crippen LogP contribution >= 0.6 is 0 Å². The van der Waals surface area contributed by atoms with E-state index in [0.717, 1.165) is 47.4 Å². The molecule has 2 aromatic carbocycles. The van der Waals surface area contributed by atoms with Crippen LogP contribution in [0.3, 0.4) is 0 Å². The molecule has 1 aliphatic heterocycles. The van der Waals surface area contributed by atoms with Crippen molar-refractivity contribution in [3.63, 3.8) is 0 Å². The van der Waals surface area contributed by atoms with Crippen molar-refractivity contribution < 1.29 is 4.70 Å². The Morgan fingerprint density at radius 3 is 2.08 bits per heavy atom. The van der Waals surface area contributed by atoms with E-state index in [1.54, 1.807) is 0 Å². The summed E-state index contributed by atoms with van der Waals surface area (Å²) in [6.45, 7) is 11.8. The van der Waals surface area contributed by atoms with Crippen LogP contribution in [0.4, 0.5) is 0 Å². The summed E-state index contributed by atoms with van der Waals surface area (Å²) in [6, 6.07) is 18.7. The molecule has 1 heterocycles. The Bertz CT molecular complexity index is 1150. The number of hydrogen-bond acceptors (Lipinski definition) is 0. The van der Waals surface area contributed by atoms with Crippen molar-refractivity contribution in [2.24, 2.45) is 0 Å². The predicted octanol–water partition coefficient (Wildman–Crippen LogP) is 11.4. The lowest BCUT2D eigenvalue weighted by Crippen LogP contribution is -2.19. The molecule has 2 aromatic rings. The van der Waals surface area contributed by atoms with Gasteiger partial charge >= 0.3 is 0 Å². The van der Waals surface area contributed by atoms with Crippen LogP contribution in [0.2, 0.25) is 25.7 Å². The summed E-state index contributed by atoms with van der Waals surface area (Å²) in [6.07, 6.45) is 22.0. The summed E-state index contributed by atoms with van der Waals surface area (Å²) in [4.78, 5) is 0. The average molecular weight is 541 g/mol. The van der Waals surface area contributed by atoms with Crippen molar-refractivity contribution in [3.8, 4) is 0 Å². The highest BCUT2D eigenvalue weighted by molar-refractivity contribution is 6.76. The summed E-state index contributed by atoms with van der Waals surface area (Å²) >= 11 is 0. The van der Waals surface area contributed by atoms with Crippen LogP contribution in [0.1, 0.15) is 100 Å². The summed E-state index contributed by atoms with van der Waals surface area (Å²) in [5.41, 5.74) is 19.0. The van der Waals surface area contributed by atoms with Crippen LogP contribution in [-0.2, 0) is 12.8 Å². The molecule has 0 unspecified atom stereocenters. The molecule has 210 valence electrons. The second kappa shape index (κ2) is 15.9. The Labute approximate surface area is 240 Å². The summed E-state index contributed by atoms with van der Waals surface area (Å²) < 4.78 is 1.41. The van der Waals surface area contributed by atoms with E-state index in [1.807, 2.05) is 0 Å². The van der Waals surface area contributed by atoms with Crippen LogP contribution in [0.25, 0.3) is 16.9 Å². The topological polar surface area (TPSA) is 25.3 Å². The van der Waals surface area contributed by atoms with E-state index in [-0.39, 0.29) is 0 Å². The molecule has 39 heavy (non-hydrogen) atoms. The normalized spacial score (nSPS) is 14.1. The first-order valence-electron chi connectivity index (χ1n) is 15.6. The second-order valence-electron chi connectivity index (χ2n) is 12.5. The van der Waals surface area contributed by atoms with Crippen molar-refractivity contribution >= 4 is 19.5 Å². The molecule has 0 N–H and O–H groups in total. The van der Waals surface area contributed by atoms with Crippen LogP contribution in [-0.4, -0.2) is 12.8 Å². The minimum atomic E-state index is -1.07. The van der Waals surface area contributed by atoms with Crippen LogP contribution in [0.5, 0.6) is 0 Å². The first-order valence-corrected chi connectivity index (χ1v) is 19.3. The number of unbranched alkanes of at least 4 members (excludes halogenated alkanes) is 9. The Kier molecular flexibility index (Phi) is 12.7. The molecular weight excluding hydrogens is 488 g/mol. The highest BCUT2D eigenvalue weighted by atomic mass is 28.3. The van der Waals surface area contributed by atoms with Crippen molar-refractivity contribution in [3.05, 3.63) is 100 Å². The van der Waals surface area contributed by atoms with E-state index >= 15 is 0 Å². The fraction of sp³-hybridized carbons (Fsp3) is 0.500. The molecule has 3 rings (SSSR count). The third-order valence-corrected chi connectivity index (χ3v) is 9.55. The maximum absolute atomic E-state index is 11.4. The van der Waals surface area contributed by atoms with Gasteiger partial charge in [0, 0.05) is 25.3 Å². The van der Waals surface area contributed by atoms with Gasteiger partial charge in [-0.3, -0.25) is 0 Å². The van der Waals surface area contributed by atoms with Gasteiger partial charge in [0.25, 0.3) is 0 Å². The van der Waals surface area contributed by atoms with Gasteiger partial charge in [-0.05, 0) is 61.1 Å². The molecule has 0 aromatic heterocycles. The first-order chi connectivity index (χ1) is 18.8. The smallest absolute Gasteiger partial charge is 0.214 e. The van der Waals surface area contributed by atoms with Gasteiger partial charge in [0.1, 0.15) is 0 Å². The van der Waals surface area contributed by atoms with E-state index < -0.39 is 8.07 Å². The molecular formula is C36H52N2Si. The van der Waals surface area contributed by atoms with Gasteiger partial charge in [0.05, 0.1) is 5.57 Å². The quantitative estimate of drug-likeness (QED) is 0.108. The van der Waals surface area contributed by atoms with Gasteiger partial charge in [0.15, 0.2) is 0 Å². The zero-order valence-corrected chi connectivity index (χ0v) is 26.4. The molecule has 0 saturated heterocycles. The van der Waals surface area contributed by atoms with Crippen LogP contribution in [0, 0.1) is 0 Å². The SMILES string of the molecule is CCCCCCCCCCCC=CC1=C(c2ccc(CC[Si](C)(C)C)cc2)[N+](=[N-])C(c2cccc(CC)c2)=C1. The molecule has 0 aliphatic carbocycles. The Balaban J connectivity index is 1.69. The van der Waals surface area contributed by atoms with E-state index in [9.17, 15) is 5.53 Å². The van der Waals surface area contributed by atoms with Gasteiger partial charge < -0.3 is 5.53 Å². The molecule has 0 fully saturated rings. The maximum atomic E-state index is 11.4. The van der Waals surface area contributed by atoms with Crippen molar-refractivity contribution in [1.82, 2.24) is 0 Å². The number of benzene rings is 2. The van der Waals surface area contributed by atoms with E-state index in [4.69, 9.17) is 0 Å². The number of hydrogen-bond donors (Lipinski definition) is 0. The Morgan fingerprint density at radius 2 is 1.44 bits per heavy atom.